The number of amides is 1. The van der Waals surface area contributed by atoms with E-state index in [4.69, 9.17) is 23.9 Å². The molecule has 8 nitrogen and oxygen atoms in total. The van der Waals surface area contributed by atoms with Crippen molar-refractivity contribution in [2.24, 2.45) is 0 Å². The van der Waals surface area contributed by atoms with Gasteiger partial charge in [0.1, 0.15) is 34.9 Å². The van der Waals surface area contributed by atoms with Gasteiger partial charge in [0.05, 0.1) is 14.2 Å². The lowest BCUT2D eigenvalue weighted by Crippen LogP contribution is -2.36. The van der Waals surface area contributed by atoms with Gasteiger partial charge in [-0.05, 0) is 44.4 Å². The number of thiazole rings is 1. The molecule has 0 radical (unpaired) electrons. The Morgan fingerprint density at radius 2 is 1.72 bits per heavy atom. The van der Waals surface area contributed by atoms with Gasteiger partial charge in [-0.3, -0.25) is 9.69 Å². The van der Waals surface area contributed by atoms with Crippen LogP contribution in [0.25, 0.3) is 10.2 Å². The molecule has 2 aromatic carbocycles. The third kappa shape index (κ3) is 4.69. The van der Waals surface area contributed by atoms with Gasteiger partial charge in [-0.2, -0.15) is 0 Å². The fourth-order valence-electron chi connectivity index (χ4n) is 3.31. The molecule has 32 heavy (non-hydrogen) atoms. The third-order valence-electron chi connectivity index (χ3n) is 4.93. The molecule has 1 aromatic heterocycles. The quantitative estimate of drug-likeness (QED) is 0.511. The van der Waals surface area contributed by atoms with Gasteiger partial charge in [0.15, 0.2) is 16.6 Å². The Kier molecular flexibility index (Phi) is 7.65. The van der Waals surface area contributed by atoms with Crippen molar-refractivity contribution >= 4 is 45.0 Å². The van der Waals surface area contributed by atoms with Gasteiger partial charge in [0.25, 0.3) is 5.91 Å². The maximum atomic E-state index is 13.5. The molecule has 4 rings (SSSR count). The average Bonchev–Trinajstić information content (AvgIpc) is 3.23. The number of rotatable bonds is 7. The first-order chi connectivity index (χ1) is 15.0. The molecule has 3 aromatic rings. The predicted molar refractivity (Wildman–Crippen MR) is 128 cm³/mol. The van der Waals surface area contributed by atoms with Crippen LogP contribution in [0.2, 0.25) is 0 Å². The maximum Gasteiger partial charge on any atom is 0.260 e. The van der Waals surface area contributed by atoms with E-state index in [9.17, 15) is 4.79 Å². The van der Waals surface area contributed by atoms with Crippen LogP contribution in [0.5, 0.6) is 23.0 Å². The molecule has 172 valence electrons. The van der Waals surface area contributed by atoms with Crippen LogP contribution in [-0.2, 0) is 0 Å². The lowest BCUT2D eigenvalue weighted by molar-refractivity contribution is 0.0984. The Balaban J connectivity index is 0.00000289. The number of hydrogen-bond acceptors (Lipinski definition) is 8. The van der Waals surface area contributed by atoms with Crippen LogP contribution in [0.15, 0.2) is 30.3 Å². The summed E-state index contributed by atoms with van der Waals surface area (Å²) in [6.07, 6.45) is 0. The molecule has 0 unspecified atom stereocenters. The van der Waals surface area contributed by atoms with E-state index in [-0.39, 0.29) is 18.3 Å². The van der Waals surface area contributed by atoms with E-state index >= 15 is 0 Å². The second kappa shape index (κ2) is 10.2. The van der Waals surface area contributed by atoms with Crippen LogP contribution in [0.1, 0.15) is 10.4 Å². The van der Waals surface area contributed by atoms with E-state index < -0.39 is 0 Å². The van der Waals surface area contributed by atoms with Crippen molar-refractivity contribution in [1.29, 1.82) is 0 Å². The number of likely N-dealkylation sites (N-methyl/N-ethyl adjacent to an activating group) is 1. The van der Waals surface area contributed by atoms with Gasteiger partial charge in [-0.25, -0.2) is 4.98 Å². The number of ether oxygens (including phenoxy) is 4. The van der Waals surface area contributed by atoms with Crippen LogP contribution in [-0.4, -0.2) is 70.4 Å². The summed E-state index contributed by atoms with van der Waals surface area (Å²) >= 11 is 1.40. The van der Waals surface area contributed by atoms with Crippen molar-refractivity contribution < 1.29 is 23.7 Å². The highest BCUT2D eigenvalue weighted by Crippen LogP contribution is 2.40. The molecule has 10 heteroatoms. The van der Waals surface area contributed by atoms with E-state index in [1.807, 2.05) is 31.1 Å². The molecule has 0 aliphatic carbocycles. The number of methoxy groups -OCH3 is 2. The summed E-state index contributed by atoms with van der Waals surface area (Å²) in [4.78, 5) is 22.0. The zero-order valence-electron chi connectivity index (χ0n) is 18.4. The minimum absolute atomic E-state index is 0. The van der Waals surface area contributed by atoms with Crippen molar-refractivity contribution in [3.8, 4) is 23.0 Å². The number of carbonyl (C=O) groups excluding carboxylic acids is 1. The summed E-state index contributed by atoms with van der Waals surface area (Å²) in [7, 11) is 7.16. The Morgan fingerprint density at radius 1 is 1.03 bits per heavy atom. The number of hydrogen-bond donors (Lipinski definition) is 0. The Hall–Kier alpha value is -2.75. The highest BCUT2D eigenvalue weighted by Gasteiger charge is 2.25. The number of benzene rings is 2. The first-order valence-electron chi connectivity index (χ1n) is 9.89. The topological polar surface area (TPSA) is 73.4 Å². The zero-order chi connectivity index (χ0) is 22.0. The molecule has 1 amide bonds. The van der Waals surface area contributed by atoms with Gasteiger partial charge in [0.2, 0.25) is 0 Å². The van der Waals surface area contributed by atoms with Crippen molar-refractivity contribution in [3.05, 3.63) is 35.9 Å². The highest BCUT2D eigenvalue weighted by atomic mass is 35.5. The molecule has 0 saturated heterocycles. The first-order valence-corrected chi connectivity index (χ1v) is 10.7. The smallest absolute Gasteiger partial charge is 0.260 e. The van der Waals surface area contributed by atoms with Gasteiger partial charge < -0.3 is 23.8 Å². The zero-order valence-corrected chi connectivity index (χ0v) is 20.0. The standard InChI is InChI=1S/C22H25N3O5S.ClH/c1-24(2)9-10-25(21(26)14-5-6-15-18(13-14)30-12-11-29-15)22-23-19-16(27-3)7-8-17(28-4)20(19)31-22;/h5-8,13H,9-12H2,1-4H3;1H. The SMILES string of the molecule is COc1ccc(OC)c2sc(N(CCN(C)C)C(=O)c3ccc4c(c3)OCCO4)nc12.Cl. The molecule has 2 heterocycles. The Morgan fingerprint density at radius 3 is 2.41 bits per heavy atom. The van der Waals surface area contributed by atoms with E-state index in [0.717, 1.165) is 4.70 Å². The minimum Gasteiger partial charge on any atom is -0.495 e. The van der Waals surface area contributed by atoms with E-state index in [2.05, 4.69) is 0 Å². The van der Waals surface area contributed by atoms with E-state index in [0.29, 0.717) is 65.5 Å². The summed E-state index contributed by atoms with van der Waals surface area (Å²) in [5.41, 5.74) is 1.19. The van der Waals surface area contributed by atoms with Crippen molar-refractivity contribution in [2.75, 3.05) is 59.5 Å². The molecule has 0 bridgehead atoms. The molecule has 1 aliphatic rings. The second-order valence-electron chi connectivity index (χ2n) is 7.26. The number of carbonyl (C=O) groups is 1. The molecule has 0 atom stereocenters. The lowest BCUT2D eigenvalue weighted by Gasteiger charge is -2.23. The molecule has 0 fully saturated rings. The molecule has 1 aliphatic heterocycles. The van der Waals surface area contributed by atoms with Crippen molar-refractivity contribution in [3.63, 3.8) is 0 Å². The highest BCUT2D eigenvalue weighted by molar-refractivity contribution is 7.22. The summed E-state index contributed by atoms with van der Waals surface area (Å²) in [6.45, 7) is 2.13. The fourth-order valence-corrected chi connectivity index (χ4v) is 4.40. The lowest BCUT2D eigenvalue weighted by atomic mass is 10.1. The van der Waals surface area contributed by atoms with Gasteiger partial charge in [-0.15, -0.1) is 12.4 Å². The second-order valence-corrected chi connectivity index (χ2v) is 8.24. The van der Waals surface area contributed by atoms with Crippen molar-refractivity contribution in [1.82, 2.24) is 9.88 Å². The third-order valence-corrected chi connectivity index (χ3v) is 6.03. The van der Waals surface area contributed by atoms with Crippen LogP contribution in [0.3, 0.4) is 0 Å². The van der Waals surface area contributed by atoms with Crippen LogP contribution in [0, 0.1) is 0 Å². The normalized spacial score (nSPS) is 12.4. The van der Waals surface area contributed by atoms with Crippen LogP contribution < -0.4 is 23.8 Å². The monoisotopic (exact) mass is 479 g/mol. The predicted octanol–water partition coefficient (Wildman–Crippen LogP) is 3.71. The van der Waals surface area contributed by atoms with Gasteiger partial charge in [-0.1, -0.05) is 11.3 Å². The van der Waals surface area contributed by atoms with E-state index in [1.165, 1.54) is 11.3 Å². The summed E-state index contributed by atoms with van der Waals surface area (Å²) < 4.78 is 23.0. The summed E-state index contributed by atoms with van der Waals surface area (Å²) in [5, 5.41) is 0.583. The molecule has 0 saturated carbocycles. The van der Waals surface area contributed by atoms with Gasteiger partial charge in [0, 0.05) is 18.7 Å². The number of halogens is 1. The number of anilines is 1. The Bertz CT molecular complexity index is 1060. The molecular weight excluding hydrogens is 454 g/mol. The largest absolute Gasteiger partial charge is 0.495 e. The fraction of sp³-hybridized carbons (Fsp3) is 0.364. The van der Waals surface area contributed by atoms with Gasteiger partial charge >= 0.3 is 0 Å². The van der Waals surface area contributed by atoms with Crippen molar-refractivity contribution in [2.45, 2.75) is 0 Å². The van der Waals surface area contributed by atoms with Crippen LogP contribution in [0.4, 0.5) is 5.13 Å². The van der Waals surface area contributed by atoms with E-state index in [1.54, 1.807) is 37.3 Å². The number of nitrogens with zero attached hydrogens (tertiary/aromatic N) is 3. The maximum absolute atomic E-state index is 13.5. The Labute approximate surface area is 197 Å². The summed E-state index contributed by atoms with van der Waals surface area (Å²) in [6, 6.07) is 8.92. The first kappa shape index (κ1) is 23.9. The molecule has 0 N–H and O–H groups in total. The molecular formula is C22H26ClN3O5S. The van der Waals surface area contributed by atoms with Crippen LogP contribution >= 0.6 is 23.7 Å². The average molecular weight is 480 g/mol. The number of fused-ring (bicyclic) bond motifs is 2. The molecule has 0 spiro atoms. The summed E-state index contributed by atoms with van der Waals surface area (Å²) in [5.74, 6) is 2.40. The number of aromatic nitrogens is 1. The minimum atomic E-state index is -0.157.